The number of unbranched alkanes of at least 4 members (excludes halogenated alkanes) is 10. The Morgan fingerprint density at radius 1 is 0.951 bits per heavy atom. The van der Waals surface area contributed by atoms with Crippen molar-refractivity contribution in [2.24, 2.45) is 29.1 Å². The van der Waals surface area contributed by atoms with Crippen LogP contribution < -0.4 is 0 Å². The second-order valence-electron chi connectivity index (χ2n) is 14.4. The van der Waals surface area contributed by atoms with Gasteiger partial charge in [-0.15, -0.1) is 0 Å². The van der Waals surface area contributed by atoms with Crippen molar-refractivity contribution in [1.82, 2.24) is 0 Å². The maximum Gasteiger partial charge on any atom is 0.306 e. The van der Waals surface area contributed by atoms with E-state index in [4.69, 9.17) is 4.74 Å². The van der Waals surface area contributed by atoms with E-state index in [1.165, 1.54) is 51.4 Å². The molecular formula is C34H56O7. The predicted octanol–water partition coefficient (Wildman–Crippen LogP) is 4.97. The standard InChI is InChI=1S/C34H56O7/c1-6-7-8-9-10-11-12-13-14-15-16-17-27(36)41-30-23(3)33(39)25(28-31(4,5)34(28,30)40)19-24(21-35)20-32(38)26(33)18-22(2)29(32)37/h18-19,23,25-26,28-30,35,37-40H,6-17,20-21H2,1-5H3/t23-,25+,26-,28-,29?,30-,32-,33-,34-/m1/s1. The highest BCUT2D eigenvalue weighted by atomic mass is 16.6. The van der Waals surface area contributed by atoms with E-state index in [1.807, 2.05) is 13.8 Å². The SMILES string of the molecule is CCCCCCCCCCCCCC(=O)O[C@@H]1[C@@H](C)[C@@]2(O)[C@@H](C=C(CO)C[C@]3(O)C(O)C(C)=C[C@@H]23)[C@@H]2C(C)(C)[C@]12O. The minimum Gasteiger partial charge on any atom is -0.459 e. The van der Waals surface area contributed by atoms with E-state index >= 15 is 0 Å². The topological polar surface area (TPSA) is 127 Å². The van der Waals surface area contributed by atoms with Gasteiger partial charge in [0.1, 0.15) is 23.4 Å². The van der Waals surface area contributed by atoms with Gasteiger partial charge in [0.05, 0.1) is 12.2 Å². The molecule has 0 radical (unpaired) electrons. The molecule has 0 saturated heterocycles. The molecule has 41 heavy (non-hydrogen) atoms. The highest BCUT2D eigenvalue weighted by Crippen LogP contribution is 2.75. The van der Waals surface area contributed by atoms with Crippen LogP contribution in [0.5, 0.6) is 0 Å². The van der Waals surface area contributed by atoms with Gasteiger partial charge in [0.2, 0.25) is 0 Å². The maximum absolute atomic E-state index is 13.1. The molecule has 5 N–H and O–H groups in total. The van der Waals surface area contributed by atoms with Crippen molar-refractivity contribution >= 4 is 5.97 Å². The third-order valence-electron chi connectivity index (χ3n) is 11.5. The number of fused-ring (bicyclic) bond motifs is 5. The van der Waals surface area contributed by atoms with Gasteiger partial charge in [-0.25, -0.2) is 0 Å². The van der Waals surface area contributed by atoms with E-state index in [1.54, 1.807) is 26.0 Å². The molecule has 0 heterocycles. The molecule has 7 heteroatoms. The zero-order chi connectivity index (χ0) is 30.2. The van der Waals surface area contributed by atoms with E-state index in [2.05, 4.69) is 6.92 Å². The lowest BCUT2D eigenvalue weighted by Gasteiger charge is -2.53. The molecule has 0 spiro atoms. The average Bonchev–Trinajstić information content (AvgIpc) is 3.32. The molecule has 4 rings (SSSR count). The summed E-state index contributed by atoms with van der Waals surface area (Å²) in [5, 5.41) is 57.5. The van der Waals surface area contributed by atoms with Crippen molar-refractivity contribution in [2.75, 3.05) is 6.61 Å². The van der Waals surface area contributed by atoms with Gasteiger partial charge in [0.25, 0.3) is 0 Å². The Bertz CT molecular complexity index is 1000. The fraction of sp³-hybridized carbons (Fsp3) is 0.853. The third-order valence-corrected chi connectivity index (χ3v) is 11.5. The van der Waals surface area contributed by atoms with Gasteiger partial charge >= 0.3 is 5.97 Å². The Morgan fingerprint density at radius 3 is 2.07 bits per heavy atom. The average molecular weight is 577 g/mol. The lowest BCUT2D eigenvalue weighted by molar-refractivity contribution is -0.228. The third kappa shape index (κ3) is 5.48. The quantitative estimate of drug-likeness (QED) is 0.112. The van der Waals surface area contributed by atoms with Gasteiger partial charge in [-0.2, -0.15) is 0 Å². The van der Waals surface area contributed by atoms with E-state index in [-0.39, 0.29) is 25.4 Å². The smallest absolute Gasteiger partial charge is 0.306 e. The summed E-state index contributed by atoms with van der Waals surface area (Å²) in [6.07, 6.45) is 14.7. The van der Waals surface area contributed by atoms with Crippen molar-refractivity contribution in [3.05, 3.63) is 23.3 Å². The molecule has 0 amide bonds. The maximum atomic E-state index is 13.1. The van der Waals surface area contributed by atoms with Crippen molar-refractivity contribution in [3.63, 3.8) is 0 Å². The van der Waals surface area contributed by atoms with Crippen LogP contribution >= 0.6 is 0 Å². The molecule has 0 bridgehead atoms. The van der Waals surface area contributed by atoms with Crippen LogP contribution in [0.2, 0.25) is 0 Å². The molecule has 7 nitrogen and oxygen atoms in total. The monoisotopic (exact) mass is 576 g/mol. The largest absolute Gasteiger partial charge is 0.459 e. The van der Waals surface area contributed by atoms with Crippen LogP contribution in [0.4, 0.5) is 0 Å². The summed E-state index contributed by atoms with van der Waals surface area (Å²) in [6, 6.07) is 0. The van der Waals surface area contributed by atoms with Crippen molar-refractivity contribution in [2.45, 2.75) is 147 Å². The number of aliphatic hydroxyl groups is 5. The molecule has 0 aliphatic heterocycles. The van der Waals surface area contributed by atoms with Crippen LogP contribution in [-0.2, 0) is 9.53 Å². The summed E-state index contributed by atoms with van der Waals surface area (Å²) in [4.78, 5) is 13.1. The first kappa shape index (κ1) is 32.7. The normalized spacial score (nSPS) is 40.5. The zero-order valence-corrected chi connectivity index (χ0v) is 26.1. The summed E-state index contributed by atoms with van der Waals surface area (Å²) in [5.41, 5.74) is -4.20. The lowest BCUT2D eigenvalue weighted by Crippen LogP contribution is -2.66. The van der Waals surface area contributed by atoms with Crippen LogP contribution in [0.3, 0.4) is 0 Å². The fourth-order valence-corrected chi connectivity index (χ4v) is 8.91. The molecule has 4 aliphatic rings. The van der Waals surface area contributed by atoms with E-state index in [0.717, 1.165) is 19.3 Å². The number of esters is 1. The summed E-state index contributed by atoms with van der Waals surface area (Å²) in [6.45, 7) is 9.28. The van der Waals surface area contributed by atoms with Crippen molar-refractivity contribution < 1.29 is 35.1 Å². The van der Waals surface area contributed by atoms with Crippen LogP contribution in [0, 0.1) is 29.1 Å². The van der Waals surface area contributed by atoms with Gasteiger partial charge in [0.15, 0.2) is 0 Å². The second-order valence-corrected chi connectivity index (χ2v) is 14.4. The van der Waals surface area contributed by atoms with E-state index in [0.29, 0.717) is 11.1 Å². The minimum atomic E-state index is -1.70. The molecule has 2 saturated carbocycles. The van der Waals surface area contributed by atoms with Gasteiger partial charge in [-0.1, -0.05) is 104 Å². The summed E-state index contributed by atoms with van der Waals surface area (Å²) in [7, 11) is 0. The highest BCUT2D eigenvalue weighted by molar-refractivity contribution is 5.70. The molecule has 4 aliphatic carbocycles. The van der Waals surface area contributed by atoms with Crippen LogP contribution in [0.25, 0.3) is 0 Å². The van der Waals surface area contributed by atoms with Crippen molar-refractivity contribution in [3.8, 4) is 0 Å². The summed E-state index contributed by atoms with van der Waals surface area (Å²) >= 11 is 0. The molecule has 0 aromatic heterocycles. The molecule has 0 aromatic rings. The van der Waals surface area contributed by atoms with E-state index in [9.17, 15) is 30.3 Å². The predicted molar refractivity (Wildman–Crippen MR) is 159 cm³/mol. The van der Waals surface area contributed by atoms with Gasteiger partial charge in [0, 0.05) is 41.9 Å². The van der Waals surface area contributed by atoms with Crippen LogP contribution in [0.15, 0.2) is 23.3 Å². The molecule has 234 valence electrons. The number of hydrogen-bond donors (Lipinski definition) is 5. The first-order chi connectivity index (χ1) is 19.3. The van der Waals surface area contributed by atoms with Crippen LogP contribution in [0.1, 0.15) is 118 Å². The van der Waals surface area contributed by atoms with Gasteiger partial charge < -0.3 is 30.3 Å². The van der Waals surface area contributed by atoms with Crippen molar-refractivity contribution in [1.29, 1.82) is 0 Å². The lowest BCUT2D eigenvalue weighted by atomic mass is 9.59. The number of rotatable bonds is 14. The molecule has 1 unspecified atom stereocenters. The second kappa shape index (κ2) is 12.4. The number of carbonyl (C=O) groups is 1. The summed E-state index contributed by atoms with van der Waals surface area (Å²) < 4.78 is 6.05. The van der Waals surface area contributed by atoms with Gasteiger partial charge in [-0.05, 0) is 24.5 Å². The molecule has 0 aromatic carbocycles. The summed E-state index contributed by atoms with van der Waals surface area (Å²) in [5.74, 6) is -2.97. The molecule has 9 atom stereocenters. The minimum absolute atomic E-state index is 0.0175. The molecular weight excluding hydrogens is 520 g/mol. The first-order valence-electron chi connectivity index (χ1n) is 16.3. The first-order valence-corrected chi connectivity index (χ1v) is 16.3. The van der Waals surface area contributed by atoms with E-state index < -0.39 is 58.1 Å². The fourth-order valence-electron chi connectivity index (χ4n) is 8.91. The Balaban J connectivity index is 1.42. The number of hydrogen-bond acceptors (Lipinski definition) is 7. The van der Waals surface area contributed by atoms with Crippen LogP contribution in [-0.4, -0.2) is 67.1 Å². The molecule has 2 fully saturated rings. The van der Waals surface area contributed by atoms with Gasteiger partial charge in [-0.3, -0.25) is 4.79 Å². The zero-order valence-electron chi connectivity index (χ0n) is 26.1. The Labute approximate surface area is 247 Å². The Hall–Kier alpha value is -1.25. The number of aliphatic hydroxyl groups excluding tert-OH is 2. The highest BCUT2D eigenvalue weighted by Gasteiger charge is 2.85. The number of carbonyl (C=O) groups excluding carboxylic acids is 1. The Kier molecular flexibility index (Phi) is 9.87. The Morgan fingerprint density at radius 2 is 1.51 bits per heavy atom. The number of ether oxygens (including phenoxy) is 1.